The van der Waals surface area contributed by atoms with E-state index in [4.69, 9.17) is 4.74 Å². The molecular formula is C23H22N2O3. The maximum Gasteiger partial charge on any atom is 0.337 e. The van der Waals surface area contributed by atoms with Gasteiger partial charge in [0.1, 0.15) is 5.69 Å². The Morgan fingerprint density at radius 3 is 2.04 bits per heavy atom. The number of benzene rings is 2. The smallest absolute Gasteiger partial charge is 0.337 e. The van der Waals surface area contributed by atoms with Crippen LogP contribution in [0.3, 0.4) is 0 Å². The number of aryl methyl sites for hydroxylation is 1. The van der Waals surface area contributed by atoms with Gasteiger partial charge in [-0.15, -0.1) is 0 Å². The van der Waals surface area contributed by atoms with Crippen molar-refractivity contribution in [2.45, 2.75) is 27.7 Å². The molecule has 0 saturated heterocycles. The third-order valence-electron chi connectivity index (χ3n) is 6.01. The predicted octanol–water partition coefficient (Wildman–Crippen LogP) is 4.32. The molecule has 1 heterocycles. The summed E-state index contributed by atoms with van der Waals surface area (Å²) in [5.74, 6) is -0.368. The normalized spacial score (nSPS) is 12.1. The summed E-state index contributed by atoms with van der Waals surface area (Å²) in [6.45, 7) is 8.26. The number of carbonyl (C=O) groups is 2. The summed E-state index contributed by atoms with van der Waals surface area (Å²) in [4.78, 5) is 25.1. The number of carbonyl (C=O) groups excluding carboxylic acids is 2. The van der Waals surface area contributed by atoms with Crippen LogP contribution in [-0.2, 0) is 11.8 Å². The highest BCUT2D eigenvalue weighted by Crippen LogP contribution is 2.46. The third-order valence-corrected chi connectivity index (χ3v) is 6.01. The van der Waals surface area contributed by atoms with E-state index >= 15 is 0 Å². The zero-order chi connectivity index (χ0) is 20.3. The molecular weight excluding hydrogens is 352 g/mol. The van der Waals surface area contributed by atoms with Gasteiger partial charge < -0.3 is 4.74 Å². The molecule has 0 saturated carbocycles. The van der Waals surface area contributed by atoms with E-state index < -0.39 is 5.97 Å². The van der Waals surface area contributed by atoms with Gasteiger partial charge in [-0.3, -0.25) is 9.48 Å². The van der Waals surface area contributed by atoms with Gasteiger partial charge in [-0.05, 0) is 62.1 Å². The summed E-state index contributed by atoms with van der Waals surface area (Å²) in [6, 6.07) is 7.00. The van der Waals surface area contributed by atoms with Crippen LogP contribution in [0.15, 0.2) is 24.3 Å². The second kappa shape index (κ2) is 6.16. The molecule has 0 atom stereocenters. The summed E-state index contributed by atoms with van der Waals surface area (Å²) in [5, 5.41) is 4.65. The number of ether oxygens (including phenoxy) is 1. The number of rotatable bonds is 2. The van der Waals surface area contributed by atoms with Crippen LogP contribution in [0.1, 0.15) is 48.5 Å². The fourth-order valence-corrected chi connectivity index (χ4v) is 4.13. The molecule has 4 rings (SSSR count). The van der Waals surface area contributed by atoms with Crippen molar-refractivity contribution < 1.29 is 14.3 Å². The molecule has 3 aromatic rings. The van der Waals surface area contributed by atoms with Crippen molar-refractivity contribution in [1.82, 2.24) is 9.78 Å². The first-order valence-electron chi connectivity index (χ1n) is 9.19. The van der Waals surface area contributed by atoms with E-state index in [0.29, 0.717) is 16.8 Å². The summed E-state index contributed by atoms with van der Waals surface area (Å²) in [7, 11) is 3.23. The van der Waals surface area contributed by atoms with E-state index in [1.807, 2.05) is 14.0 Å². The first kappa shape index (κ1) is 18.2. The maximum absolute atomic E-state index is 13.4. The van der Waals surface area contributed by atoms with Crippen LogP contribution in [0.2, 0.25) is 0 Å². The topological polar surface area (TPSA) is 61.2 Å². The number of fused-ring (bicyclic) bond motifs is 3. The highest BCUT2D eigenvalue weighted by molar-refractivity contribution is 6.25. The summed E-state index contributed by atoms with van der Waals surface area (Å²) in [6.07, 6.45) is 0. The molecule has 5 nitrogen and oxygen atoms in total. The fourth-order valence-electron chi connectivity index (χ4n) is 4.13. The molecule has 0 fully saturated rings. The molecule has 0 unspecified atom stereocenters. The van der Waals surface area contributed by atoms with Crippen LogP contribution in [-0.4, -0.2) is 28.6 Å². The molecule has 0 spiro atoms. The van der Waals surface area contributed by atoms with Gasteiger partial charge in [-0.1, -0.05) is 12.1 Å². The van der Waals surface area contributed by atoms with Crippen molar-refractivity contribution >= 4 is 11.8 Å². The van der Waals surface area contributed by atoms with Crippen LogP contribution < -0.4 is 0 Å². The third kappa shape index (κ3) is 2.29. The second-order valence-electron chi connectivity index (χ2n) is 7.34. The summed E-state index contributed by atoms with van der Waals surface area (Å²) in [5.41, 5.74) is 9.73. The second-order valence-corrected chi connectivity index (χ2v) is 7.34. The van der Waals surface area contributed by atoms with Crippen LogP contribution >= 0.6 is 0 Å². The molecule has 1 aliphatic carbocycles. The van der Waals surface area contributed by atoms with Gasteiger partial charge in [0.05, 0.1) is 23.9 Å². The van der Waals surface area contributed by atoms with Crippen molar-refractivity contribution in [2.24, 2.45) is 7.05 Å². The van der Waals surface area contributed by atoms with E-state index in [0.717, 1.165) is 39.1 Å². The van der Waals surface area contributed by atoms with Gasteiger partial charge in [0.25, 0.3) is 0 Å². The number of esters is 1. The minimum Gasteiger partial charge on any atom is -0.465 e. The van der Waals surface area contributed by atoms with Crippen LogP contribution in [0, 0.1) is 27.7 Å². The lowest BCUT2D eigenvalue weighted by Gasteiger charge is -2.15. The van der Waals surface area contributed by atoms with Crippen molar-refractivity contribution in [3.63, 3.8) is 0 Å². The van der Waals surface area contributed by atoms with Gasteiger partial charge in [0.2, 0.25) is 0 Å². The standard InChI is InChI=1S/C23H22N2O3/c1-11-12(2)14(4)18-17(13(11)3)21-19(22(18)26)20(24-25(21)5)15-7-9-16(10-8-15)23(27)28-6/h7-10H,1-6H3. The lowest BCUT2D eigenvalue weighted by Crippen LogP contribution is -2.06. The van der Waals surface area contributed by atoms with Crippen LogP contribution in [0.5, 0.6) is 0 Å². The van der Waals surface area contributed by atoms with Gasteiger partial charge in [0, 0.05) is 23.7 Å². The van der Waals surface area contributed by atoms with E-state index in [9.17, 15) is 9.59 Å². The number of methoxy groups -OCH3 is 1. The fraction of sp³-hybridized carbons (Fsp3) is 0.261. The first-order valence-corrected chi connectivity index (χ1v) is 9.19. The maximum atomic E-state index is 13.4. The Kier molecular flexibility index (Phi) is 4.00. The highest BCUT2D eigenvalue weighted by Gasteiger charge is 2.37. The molecule has 5 heteroatoms. The Labute approximate surface area is 164 Å². The quantitative estimate of drug-likeness (QED) is 0.490. The number of ketones is 1. The lowest BCUT2D eigenvalue weighted by molar-refractivity contribution is 0.0600. The van der Waals surface area contributed by atoms with E-state index in [1.165, 1.54) is 12.7 Å². The Hall–Kier alpha value is -3.21. The first-order chi connectivity index (χ1) is 13.3. The van der Waals surface area contributed by atoms with Crippen molar-refractivity contribution in [1.29, 1.82) is 0 Å². The number of hydrogen-bond acceptors (Lipinski definition) is 4. The minimum absolute atomic E-state index is 0.0221. The van der Waals surface area contributed by atoms with E-state index in [-0.39, 0.29) is 5.78 Å². The number of nitrogens with zero attached hydrogens (tertiary/aromatic N) is 2. The molecule has 0 N–H and O–H groups in total. The molecule has 0 amide bonds. The molecule has 0 radical (unpaired) electrons. The molecule has 2 aromatic carbocycles. The Balaban J connectivity index is 1.94. The van der Waals surface area contributed by atoms with Crippen molar-refractivity contribution in [2.75, 3.05) is 7.11 Å². The summed E-state index contributed by atoms with van der Waals surface area (Å²) >= 11 is 0. The predicted molar refractivity (Wildman–Crippen MR) is 108 cm³/mol. The van der Waals surface area contributed by atoms with Gasteiger partial charge in [-0.2, -0.15) is 5.10 Å². The summed E-state index contributed by atoms with van der Waals surface area (Å²) < 4.78 is 6.55. The number of aromatic nitrogens is 2. The highest BCUT2D eigenvalue weighted by atomic mass is 16.5. The average molecular weight is 374 g/mol. The Bertz CT molecular complexity index is 1170. The Morgan fingerprint density at radius 2 is 1.46 bits per heavy atom. The SMILES string of the molecule is COC(=O)c1ccc(-c2nn(C)c3c2C(=O)c2c(C)c(C)c(C)c(C)c2-3)cc1. The molecule has 142 valence electrons. The van der Waals surface area contributed by atoms with E-state index in [2.05, 4.69) is 25.9 Å². The average Bonchev–Trinajstić information content (AvgIpc) is 3.20. The largest absolute Gasteiger partial charge is 0.465 e. The molecule has 0 aliphatic heterocycles. The van der Waals surface area contributed by atoms with Crippen molar-refractivity contribution in [3.8, 4) is 22.5 Å². The lowest BCUT2D eigenvalue weighted by atomic mass is 9.89. The van der Waals surface area contributed by atoms with Crippen LogP contribution in [0.25, 0.3) is 22.5 Å². The van der Waals surface area contributed by atoms with E-state index in [1.54, 1.807) is 28.9 Å². The van der Waals surface area contributed by atoms with Gasteiger partial charge in [0.15, 0.2) is 5.78 Å². The number of hydrogen-bond donors (Lipinski definition) is 0. The molecule has 1 aliphatic rings. The molecule has 28 heavy (non-hydrogen) atoms. The van der Waals surface area contributed by atoms with Crippen LogP contribution in [0.4, 0.5) is 0 Å². The molecule has 0 bridgehead atoms. The minimum atomic E-state index is -0.390. The molecule has 1 aromatic heterocycles. The zero-order valence-corrected chi connectivity index (χ0v) is 16.9. The Morgan fingerprint density at radius 1 is 0.893 bits per heavy atom. The van der Waals surface area contributed by atoms with Crippen molar-refractivity contribution in [3.05, 3.63) is 63.2 Å². The van der Waals surface area contributed by atoms with Gasteiger partial charge in [-0.25, -0.2) is 4.79 Å². The zero-order valence-electron chi connectivity index (χ0n) is 16.9. The van der Waals surface area contributed by atoms with Gasteiger partial charge >= 0.3 is 5.97 Å². The monoisotopic (exact) mass is 374 g/mol.